The summed E-state index contributed by atoms with van der Waals surface area (Å²) in [5.41, 5.74) is 6.73. The number of nitrogen functional groups attached to an aromatic ring is 1. The molecule has 5 nitrogen and oxygen atoms in total. The van der Waals surface area contributed by atoms with E-state index in [1.165, 1.54) is 6.20 Å². The standard InChI is InChI=1S/C12H17N3O2/c1-2-9-8-17-6-5-15(9)12(16)10-3-4-14-7-11(10)13/h3-4,7,9H,2,5-6,8,13H2,1H3. The number of hydrogen-bond acceptors (Lipinski definition) is 4. The van der Waals surface area contributed by atoms with Crippen LogP contribution in [0.2, 0.25) is 0 Å². The van der Waals surface area contributed by atoms with E-state index in [4.69, 9.17) is 10.5 Å². The molecule has 2 N–H and O–H groups in total. The van der Waals surface area contributed by atoms with Crippen LogP contribution in [0.15, 0.2) is 18.5 Å². The van der Waals surface area contributed by atoms with Crippen molar-refractivity contribution in [3.05, 3.63) is 24.0 Å². The molecule has 0 bridgehead atoms. The minimum absolute atomic E-state index is 0.0277. The zero-order valence-electron chi connectivity index (χ0n) is 9.93. The lowest BCUT2D eigenvalue weighted by molar-refractivity contribution is -0.00274. The number of rotatable bonds is 2. The van der Waals surface area contributed by atoms with Crippen molar-refractivity contribution in [3.63, 3.8) is 0 Å². The minimum Gasteiger partial charge on any atom is -0.397 e. The highest BCUT2D eigenvalue weighted by Gasteiger charge is 2.27. The number of nitrogens with zero attached hydrogens (tertiary/aromatic N) is 2. The lowest BCUT2D eigenvalue weighted by Gasteiger charge is -2.35. The Bertz CT molecular complexity index is 408. The molecule has 1 aliphatic rings. The second kappa shape index (κ2) is 5.14. The number of ether oxygens (including phenoxy) is 1. The van der Waals surface area contributed by atoms with Gasteiger partial charge in [-0.2, -0.15) is 0 Å². The van der Waals surface area contributed by atoms with Gasteiger partial charge >= 0.3 is 0 Å². The van der Waals surface area contributed by atoms with Crippen molar-refractivity contribution >= 4 is 11.6 Å². The number of morpholine rings is 1. The predicted octanol–water partition coefficient (Wildman–Crippen LogP) is 0.915. The third-order valence-corrected chi connectivity index (χ3v) is 3.04. The van der Waals surface area contributed by atoms with E-state index in [0.717, 1.165) is 6.42 Å². The number of anilines is 1. The summed E-state index contributed by atoms with van der Waals surface area (Å²) in [5, 5.41) is 0. The summed E-state index contributed by atoms with van der Waals surface area (Å²) >= 11 is 0. The van der Waals surface area contributed by atoms with Gasteiger partial charge in [-0.3, -0.25) is 9.78 Å². The molecule has 1 unspecified atom stereocenters. The van der Waals surface area contributed by atoms with Crippen LogP contribution in [0.1, 0.15) is 23.7 Å². The van der Waals surface area contributed by atoms with Crippen molar-refractivity contribution in [1.82, 2.24) is 9.88 Å². The van der Waals surface area contributed by atoms with Crippen molar-refractivity contribution in [2.24, 2.45) is 0 Å². The number of carbonyl (C=O) groups is 1. The molecule has 2 heterocycles. The first-order chi connectivity index (χ1) is 8.24. The van der Waals surface area contributed by atoms with E-state index in [0.29, 0.717) is 31.0 Å². The monoisotopic (exact) mass is 235 g/mol. The molecule has 0 saturated carbocycles. The Morgan fingerprint density at radius 1 is 1.71 bits per heavy atom. The first kappa shape index (κ1) is 11.9. The van der Waals surface area contributed by atoms with Gasteiger partial charge in [0.25, 0.3) is 5.91 Å². The smallest absolute Gasteiger partial charge is 0.256 e. The number of aromatic nitrogens is 1. The quantitative estimate of drug-likeness (QED) is 0.827. The Morgan fingerprint density at radius 3 is 3.24 bits per heavy atom. The summed E-state index contributed by atoms with van der Waals surface area (Å²) in [4.78, 5) is 18.1. The van der Waals surface area contributed by atoms with Crippen LogP contribution in [0.25, 0.3) is 0 Å². The average Bonchev–Trinajstić information content (AvgIpc) is 2.38. The molecule has 1 atom stereocenters. The Balaban J connectivity index is 2.21. The molecule has 0 aromatic carbocycles. The second-order valence-electron chi connectivity index (χ2n) is 4.10. The molecular weight excluding hydrogens is 218 g/mol. The van der Waals surface area contributed by atoms with Gasteiger partial charge in [0.2, 0.25) is 0 Å². The van der Waals surface area contributed by atoms with E-state index in [2.05, 4.69) is 11.9 Å². The molecule has 1 saturated heterocycles. The van der Waals surface area contributed by atoms with Crippen LogP contribution >= 0.6 is 0 Å². The fourth-order valence-electron chi connectivity index (χ4n) is 2.02. The van der Waals surface area contributed by atoms with Crippen LogP contribution in [-0.4, -0.2) is 41.6 Å². The highest BCUT2D eigenvalue weighted by atomic mass is 16.5. The SMILES string of the molecule is CCC1COCCN1C(=O)c1ccncc1N. The van der Waals surface area contributed by atoms with Gasteiger partial charge in [0.1, 0.15) is 0 Å². The van der Waals surface area contributed by atoms with Crippen LogP contribution < -0.4 is 5.73 Å². The number of nitrogens with two attached hydrogens (primary N) is 1. The third-order valence-electron chi connectivity index (χ3n) is 3.04. The minimum atomic E-state index is -0.0277. The molecular formula is C12H17N3O2. The van der Waals surface area contributed by atoms with Crippen molar-refractivity contribution in [2.75, 3.05) is 25.5 Å². The van der Waals surface area contributed by atoms with E-state index >= 15 is 0 Å². The summed E-state index contributed by atoms with van der Waals surface area (Å²) in [6.07, 6.45) is 3.98. The number of amides is 1. The van der Waals surface area contributed by atoms with Gasteiger partial charge < -0.3 is 15.4 Å². The molecule has 1 amide bonds. The molecule has 2 rings (SSSR count). The lowest BCUT2D eigenvalue weighted by atomic mass is 10.1. The Hall–Kier alpha value is -1.62. The highest BCUT2D eigenvalue weighted by molar-refractivity contribution is 5.99. The van der Waals surface area contributed by atoms with Crippen molar-refractivity contribution < 1.29 is 9.53 Å². The van der Waals surface area contributed by atoms with Gasteiger partial charge in [-0.15, -0.1) is 0 Å². The summed E-state index contributed by atoms with van der Waals surface area (Å²) in [6, 6.07) is 1.81. The maximum absolute atomic E-state index is 12.4. The van der Waals surface area contributed by atoms with Gasteiger partial charge in [0, 0.05) is 12.7 Å². The molecule has 1 fully saturated rings. The molecule has 0 spiro atoms. The summed E-state index contributed by atoms with van der Waals surface area (Å²) in [6.45, 7) is 3.87. The number of pyridine rings is 1. The second-order valence-corrected chi connectivity index (χ2v) is 4.10. The van der Waals surface area contributed by atoms with Gasteiger partial charge in [-0.05, 0) is 12.5 Å². The normalized spacial score (nSPS) is 20.3. The third kappa shape index (κ3) is 2.39. The van der Waals surface area contributed by atoms with Crippen LogP contribution in [0.3, 0.4) is 0 Å². The van der Waals surface area contributed by atoms with Gasteiger partial charge in [-0.25, -0.2) is 0 Å². The van der Waals surface area contributed by atoms with Crippen LogP contribution in [0, 0.1) is 0 Å². The fourth-order valence-corrected chi connectivity index (χ4v) is 2.02. The van der Waals surface area contributed by atoms with E-state index in [9.17, 15) is 4.79 Å². The zero-order chi connectivity index (χ0) is 12.3. The fraction of sp³-hybridized carbons (Fsp3) is 0.500. The van der Waals surface area contributed by atoms with Crippen molar-refractivity contribution in [2.45, 2.75) is 19.4 Å². The summed E-state index contributed by atoms with van der Waals surface area (Å²) < 4.78 is 5.38. The molecule has 5 heteroatoms. The molecule has 92 valence electrons. The van der Waals surface area contributed by atoms with E-state index < -0.39 is 0 Å². The Kier molecular flexibility index (Phi) is 3.58. The molecule has 1 aromatic heterocycles. The maximum Gasteiger partial charge on any atom is 0.256 e. The first-order valence-corrected chi connectivity index (χ1v) is 5.82. The number of carbonyl (C=O) groups excluding carboxylic acids is 1. The van der Waals surface area contributed by atoms with E-state index in [-0.39, 0.29) is 11.9 Å². The first-order valence-electron chi connectivity index (χ1n) is 5.82. The Morgan fingerprint density at radius 2 is 2.53 bits per heavy atom. The van der Waals surface area contributed by atoms with Crippen LogP contribution in [0.4, 0.5) is 5.69 Å². The number of hydrogen-bond donors (Lipinski definition) is 1. The topological polar surface area (TPSA) is 68.5 Å². The molecule has 1 aromatic rings. The van der Waals surface area contributed by atoms with E-state index in [1.807, 2.05) is 4.90 Å². The van der Waals surface area contributed by atoms with Crippen molar-refractivity contribution in [3.8, 4) is 0 Å². The predicted molar refractivity (Wildman–Crippen MR) is 64.6 cm³/mol. The van der Waals surface area contributed by atoms with Crippen LogP contribution in [-0.2, 0) is 4.74 Å². The lowest BCUT2D eigenvalue weighted by Crippen LogP contribution is -2.48. The average molecular weight is 235 g/mol. The largest absolute Gasteiger partial charge is 0.397 e. The highest BCUT2D eigenvalue weighted by Crippen LogP contribution is 2.17. The zero-order valence-corrected chi connectivity index (χ0v) is 9.93. The van der Waals surface area contributed by atoms with Gasteiger partial charge in [0.15, 0.2) is 0 Å². The van der Waals surface area contributed by atoms with Gasteiger partial charge in [0.05, 0.1) is 36.7 Å². The van der Waals surface area contributed by atoms with Gasteiger partial charge in [-0.1, -0.05) is 6.92 Å². The molecule has 0 radical (unpaired) electrons. The summed E-state index contributed by atoms with van der Waals surface area (Å²) in [5.74, 6) is -0.0277. The Labute approximate surface area is 101 Å². The van der Waals surface area contributed by atoms with Crippen molar-refractivity contribution in [1.29, 1.82) is 0 Å². The molecule has 1 aliphatic heterocycles. The summed E-state index contributed by atoms with van der Waals surface area (Å²) in [7, 11) is 0. The molecule has 0 aliphatic carbocycles. The molecule has 17 heavy (non-hydrogen) atoms. The van der Waals surface area contributed by atoms with Crippen LogP contribution in [0.5, 0.6) is 0 Å². The maximum atomic E-state index is 12.4. The van der Waals surface area contributed by atoms with E-state index in [1.54, 1.807) is 12.3 Å².